The maximum absolute atomic E-state index is 11.9. The minimum Gasteiger partial charge on any atom is -0.351 e. The average molecular weight is 314 g/mol. The van der Waals surface area contributed by atoms with Crippen LogP contribution in [0.4, 0.5) is 0 Å². The average Bonchev–Trinajstić information content (AvgIpc) is 2.53. The third-order valence-corrected chi connectivity index (χ3v) is 4.14. The topological polar surface area (TPSA) is 32.3 Å². The van der Waals surface area contributed by atoms with Gasteiger partial charge in [-0.05, 0) is 37.4 Å². The molecule has 2 aromatic rings. The highest BCUT2D eigenvalue weighted by molar-refractivity contribution is 8.00. The Hall–Kier alpha value is -1.78. The van der Waals surface area contributed by atoms with Gasteiger partial charge in [0.2, 0.25) is 5.91 Å². The van der Waals surface area contributed by atoms with Gasteiger partial charge >= 0.3 is 0 Å². The van der Waals surface area contributed by atoms with Crippen LogP contribution in [0, 0.1) is 0 Å². The Morgan fingerprint density at radius 3 is 2.27 bits per heavy atom. The molecule has 1 N–H and O–H groups in total. The number of carbonyl (C=O) groups is 1. The fourth-order valence-electron chi connectivity index (χ4n) is 2.04. The fourth-order valence-corrected chi connectivity index (χ4v) is 2.79. The molecule has 2 aromatic carbocycles. The molecule has 0 spiro atoms. The molecule has 4 heteroatoms. The van der Waals surface area contributed by atoms with Crippen molar-refractivity contribution >= 4 is 17.7 Å². The van der Waals surface area contributed by atoms with Crippen LogP contribution >= 0.6 is 11.8 Å². The van der Waals surface area contributed by atoms with Gasteiger partial charge in [0.25, 0.3) is 0 Å². The van der Waals surface area contributed by atoms with Crippen molar-refractivity contribution in [2.45, 2.75) is 18.0 Å². The van der Waals surface area contributed by atoms with E-state index in [0.717, 1.165) is 17.0 Å². The SMILES string of the molecule is CN(C)Cc1ccc(CNC(=O)CSc2ccccc2)cc1. The normalized spacial score (nSPS) is 10.7. The van der Waals surface area contributed by atoms with E-state index in [9.17, 15) is 4.79 Å². The Balaban J connectivity index is 1.74. The van der Waals surface area contributed by atoms with Crippen molar-refractivity contribution in [3.63, 3.8) is 0 Å². The number of carbonyl (C=O) groups excluding carboxylic acids is 1. The van der Waals surface area contributed by atoms with Crippen LogP contribution in [0.5, 0.6) is 0 Å². The first-order valence-corrected chi connectivity index (χ1v) is 8.29. The monoisotopic (exact) mass is 314 g/mol. The van der Waals surface area contributed by atoms with Gasteiger partial charge in [-0.25, -0.2) is 0 Å². The Kier molecular flexibility index (Phi) is 6.49. The van der Waals surface area contributed by atoms with E-state index in [4.69, 9.17) is 0 Å². The summed E-state index contributed by atoms with van der Waals surface area (Å²) in [6.07, 6.45) is 0. The van der Waals surface area contributed by atoms with Gasteiger partial charge in [-0.2, -0.15) is 0 Å². The van der Waals surface area contributed by atoms with Crippen molar-refractivity contribution < 1.29 is 4.79 Å². The number of rotatable bonds is 7. The van der Waals surface area contributed by atoms with E-state index in [1.165, 1.54) is 5.56 Å². The molecule has 0 unspecified atom stereocenters. The molecular weight excluding hydrogens is 292 g/mol. The summed E-state index contributed by atoms with van der Waals surface area (Å²) in [5, 5.41) is 2.96. The molecule has 0 saturated heterocycles. The third kappa shape index (κ3) is 5.92. The third-order valence-electron chi connectivity index (χ3n) is 3.12. The second-order valence-electron chi connectivity index (χ2n) is 5.43. The summed E-state index contributed by atoms with van der Waals surface area (Å²) >= 11 is 1.56. The molecule has 0 saturated carbocycles. The van der Waals surface area contributed by atoms with Gasteiger partial charge in [0.05, 0.1) is 5.75 Å². The molecule has 0 aliphatic carbocycles. The molecule has 0 heterocycles. The lowest BCUT2D eigenvalue weighted by molar-refractivity contribution is -0.118. The summed E-state index contributed by atoms with van der Waals surface area (Å²) in [5.41, 5.74) is 2.40. The van der Waals surface area contributed by atoms with Gasteiger partial charge in [-0.15, -0.1) is 11.8 Å². The lowest BCUT2D eigenvalue weighted by Gasteiger charge is -2.10. The lowest BCUT2D eigenvalue weighted by Crippen LogP contribution is -2.24. The molecule has 0 bridgehead atoms. The van der Waals surface area contributed by atoms with Gasteiger partial charge in [0.1, 0.15) is 0 Å². The van der Waals surface area contributed by atoms with E-state index in [1.54, 1.807) is 11.8 Å². The number of hydrogen-bond acceptors (Lipinski definition) is 3. The van der Waals surface area contributed by atoms with Crippen molar-refractivity contribution in [3.05, 3.63) is 65.7 Å². The summed E-state index contributed by atoms with van der Waals surface area (Å²) in [6, 6.07) is 18.3. The zero-order chi connectivity index (χ0) is 15.8. The molecule has 3 nitrogen and oxygen atoms in total. The molecule has 116 valence electrons. The van der Waals surface area contributed by atoms with Crippen LogP contribution in [-0.4, -0.2) is 30.7 Å². The highest BCUT2D eigenvalue weighted by Gasteiger charge is 2.03. The van der Waals surface area contributed by atoms with Gasteiger partial charge in [-0.1, -0.05) is 42.5 Å². The van der Waals surface area contributed by atoms with Crippen LogP contribution < -0.4 is 5.32 Å². The predicted molar refractivity (Wildman–Crippen MR) is 92.8 cm³/mol. The molecule has 2 rings (SSSR count). The summed E-state index contributed by atoms with van der Waals surface area (Å²) < 4.78 is 0. The lowest BCUT2D eigenvalue weighted by atomic mass is 10.1. The highest BCUT2D eigenvalue weighted by atomic mass is 32.2. The Morgan fingerprint density at radius 2 is 1.64 bits per heavy atom. The number of amides is 1. The summed E-state index contributed by atoms with van der Waals surface area (Å²) in [5.74, 6) is 0.508. The molecule has 0 fully saturated rings. The molecule has 0 aromatic heterocycles. The number of hydrogen-bond donors (Lipinski definition) is 1. The smallest absolute Gasteiger partial charge is 0.230 e. The maximum Gasteiger partial charge on any atom is 0.230 e. The van der Waals surface area contributed by atoms with Crippen LogP contribution in [0.25, 0.3) is 0 Å². The Bertz CT molecular complexity index is 582. The summed E-state index contributed by atoms with van der Waals surface area (Å²) in [4.78, 5) is 15.1. The van der Waals surface area contributed by atoms with Crippen molar-refractivity contribution in [1.82, 2.24) is 10.2 Å². The number of nitrogens with one attached hydrogen (secondary N) is 1. The first-order valence-electron chi connectivity index (χ1n) is 7.30. The van der Waals surface area contributed by atoms with E-state index in [2.05, 4.69) is 48.6 Å². The predicted octanol–water partition coefficient (Wildman–Crippen LogP) is 3.16. The van der Waals surface area contributed by atoms with Crippen LogP contribution in [-0.2, 0) is 17.9 Å². The van der Waals surface area contributed by atoms with E-state index in [0.29, 0.717) is 12.3 Å². The molecule has 0 atom stereocenters. The van der Waals surface area contributed by atoms with Gasteiger partial charge in [-0.3, -0.25) is 4.79 Å². The van der Waals surface area contributed by atoms with Gasteiger partial charge < -0.3 is 10.2 Å². The van der Waals surface area contributed by atoms with Crippen LogP contribution in [0.1, 0.15) is 11.1 Å². The quantitative estimate of drug-likeness (QED) is 0.797. The van der Waals surface area contributed by atoms with E-state index in [-0.39, 0.29) is 5.91 Å². The second-order valence-corrected chi connectivity index (χ2v) is 6.48. The van der Waals surface area contributed by atoms with Crippen LogP contribution in [0.2, 0.25) is 0 Å². The Labute approximate surface area is 136 Å². The van der Waals surface area contributed by atoms with E-state index < -0.39 is 0 Å². The molecule has 0 radical (unpaired) electrons. The number of nitrogens with zero attached hydrogens (tertiary/aromatic N) is 1. The minimum atomic E-state index is 0.0613. The molecule has 0 aliphatic heterocycles. The molecular formula is C18H22N2OS. The zero-order valence-corrected chi connectivity index (χ0v) is 13.9. The summed E-state index contributed by atoms with van der Waals surface area (Å²) in [7, 11) is 4.11. The van der Waals surface area contributed by atoms with Crippen LogP contribution in [0.15, 0.2) is 59.5 Å². The summed E-state index contributed by atoms with van der Waals surface area (Å²) in [6.45, 7) is 1.51. The maximum atomic E-state index is 11.9. The minimum absolute atomic E-state index is 0.0613. The molecule has 0 aliphatic rings. The number of benzene rings is 2. The first-order chi connectivity index (χ1) is 10.6. The van der Waals surface area contributed by atoms with Crippen molar-refractivity contribution in [2.24, 2.45) is 0 Å². The Morgan fingerprint density at radius 1 is 1.00 bits per heavy atom. The molecule has 22 heavy (non-hydrogen) atoms. The standard InChI is InChI=1S/C18H22N2OS/c1-20(2)13-16-10-8-15(9-11-16)12-19-18(21)14-22-17-6-4-3-5-7-17/h3-11H,12-14H2,1-2H3,(H,19,21). The largest absolute Gasteiger partial charge is 0.351 e. The second kappa shape index (κ2) is 8.61. The fraction of sp³-hybridized carbons (Fsp3) is 0.278. The number of thioether (sulfide) groups is 1. The van der Waals surface area contributed by atoms with E-state index in [1.807, 2.05) is 30.3 Å². The zero-order valence-electron chi connectivity index (χ0n) is 13.1. The van der Waals surface area contributed by atoms with E-state index >= 15 is 0 Å². The highest BCUT2D eigenvalue weighted by Crippen LogP contribution is 2.16. The van der Waals surface area contributed by atoms with Crippen LogP contribution in [0.3, 0.4) is 0 Å². The first kappa shape index (κ1) is 16.6. The van der Waals surface area contributed by atoms with Gasteiger partial charge in [0.15, 0.2) is 0 Å². The van der Waals surface area contributed by atoms with Crippen molar-refractivity contribution in [2.75, 3.05) is 19.8 Å². The van der Waals surface area contributed by atoms with Crippen molar-refractivity contribution in [3.8, 4) is 0 Å². The van der Waals surface area contributed by atoms with Crippen molar-refractivity contribution in [1.29, 1.82) is 0 Å². The van der Waals surface area contributed by atoms with Gasteiger partial charge in [0, 0.05) is 18.0 Å². The molecule has 1 amide bonds.